The molecule has 0 spiro atoms. The van der Waals surface area contributed by atoms with Crippen LogP contribution in [0.4, 0.5) is 4.79 Å². The third-order valence-corrected chi connectivity index (χ3v) is 4.83. The second-order valence-corrected chi connectivity index (χ2v) is 6.70. The number of benzene rings is 2. The number of likely N-dealkylation sites (N-methyl/N-ethyl adjacent to an activating group) is 1. The highest BCUT2D eigenvalue weighted by Gasteiger charge is 2.29. The van der Waals surface area contributed by atoms with Crippen LogP contribution in [-0.2, 0) is 14.2 Å². The van der Waals surface area contributed by atoms with Crippen molar-refractivity contribution in [2.24, 2.45) is 0 Å². The lowest BCUT2D eigenvalue weighted by atomic mass is 9.98. The van der Waals surface area contributed by atoms with Gasteiger partial charge < -0.3 is 19.1 Å². The van der Waals surface area contributed by atoms with Gasteiger partial charge in [-0.1, -0.05) is 54.6 Å². The Morgan fingerprint density at radius 2 is 1.61 bits per heavy atom. The zero-order chi connectivity index (χ0) is 19.8. The number of nitrogens with zero attached hydrogens (tertiary/aromatic N) is 1. The minimum absolute atomic E-state index is 0.0722. The molecule has 0 N–H and O–H groups in total. The van der Waals surface area contributed by atoms with E-state index in [1.807, 2.05) is 24.3 Å². The first-order valence-electron chi connectivity index (χ1n) is 9.55. The van der Waals surface area contributed by atoms with Crippen molar-refractivity contribution in [3.63, 3.8) is 0 Å². The lowest BCUT2D eigenvalue weighted by Crippen LogP contribution is -2.32. The minimum atomic E-state index is -0.339. The van der Waals surface area contributed by atoms with Crippen molar-refractivity contribution >= 4 is 6.09 Å². The Kier molecular flexibility index (Phi) is 7.23. The monoisotopic (exact) mass is 381 g/mol. The zero-order valence-corrected chi connectivity index (χ0v) is 16.3. The molecule has 0 aliphatic heterocycles. The van der Waals surface area contributed by atoms with Crippen LogP contribution in [0.15, 0.2) is 61.2 Å². The summed E-state index contributed by atoms with van der Waals surface area (Å²) in [6.07, 6.45) is 1.36. The molecule has 5 heteroatoms. The molecule has 3 rings (SSSR count). The Hall–Kier alpha value is -2.63. The van der Waals surface area contributed by atoms with Crippen LogP contribution in [0, 0.1) is 0 Å². The molecular formula is C23H27NO4. The van der Waals surface area contributed by atoms with Crippen LogP contribution < -0.4 is 0 Å². The molecule has 0 saturated carbocycles. The van der Waals surface area contributed by atoms with E-state index in [2.05, 4.69) is 30.8 Å². The van der Waals surface area contributed by atoms with Crippen molar-refractivity contribution in [1.29, 1.82) is 0 Å². The molecule has 0 radical (unpaired) electrons. The van der Waals surface area contributed by atoms with E-state index in [1.165, 1.54) is 27.2 Å². The average Bonchev–Trinajstić information content (AvgIpc) is 3.05. The van der Waals surface area contributed by atoms with E-state index in [0.717, 1.165) is 0 Å². The predicted octanol–water partition coefficient (Wildman–Crippen LogP) is 4.09. The molecule has 0 atom stereocenters. The van der Waals surface area contributed by atoms with Crippen molar-refractivity contribution in [2.45, 2.75) is 5.92 Å². The van der Waals surface area contributed by atoms with Gasteiger partial charge in [-0.2, -0.15) is 0 Å². The standard InChI is InChI=1S/C23H27NO4/c1-3-13-26-15-16-27-14-12-24(2)23(25)28-17-22-20-10-6-4-8-18(20)19-9-5-7-11-21(19)22/h3-11,22H,1,12-17H2,2H3. The topological polar surface area (TPSA) is 48.0 Å². The smallest absolute Gasteiger partial charge is 0.409 e. The highest BCUT2D eigenvalue weighted by atomic mass is 16.6. The lowest BCUT2D eigenvalue weighted by molar-refractivity contribution is 0.0461. The fourth-order valence-electron chi connectivity index (χ4n) is 3.38. The summed E-state index contributed by atoms with van der Waals surface area (Å²) in [5.41, 5.74) is 4.86. The van der Waals surface area contributed by atoms with Crippen LogP contribution >= 0.6 is 0 Å². The zero-order valence-electron chi connectivity index (χ0n) is 16.3. The SMILES string of the molecule is C=CCOCCOCCN(C)C(=O)OCC1c2ccccc2-c2ccccc21. The molecule has 1 amide bonds. The van der Waals surface area contributed by atoms with Gasteiger partial charge in [-0.25, -0.2) is 4.79 Å². The molecule has 0 bridgehead atoms. The summed E-state index contributed by atoms with van der Waals surface area (Å²) in [5.74, 6) is 0.0722. The Bertz CT molecular complexity index is 759. The number of ether oxygens (including phenoxy) is 3. The summed E-state index contributed by atoms with van der Waals surface area (Å²) in [5, 5.41) is 0. The van der Waals surface area contributed by atoms with Gasteiger partial charge in [-0.15, -0.1) is 6.58 Å². The molecule has 1 aliphatic rings. The Morgan fingerprint density at radius 1 is 1.00 bits per heavy atom. The van der Waals surface area contributed by atoms with Crippen LogP contribution in [0.3, 0.4) is 0 Å². The van der Waals surface area contributed by atoms with Crippen LogP contribution in [-0.4, -0.2) is 57.6 Å². The van der Waals surface area contributed by atoms with Crippen molar-refractivity contribution in [3.8, 4) is 11.1 Å². The first-order chi connectivity index (χ1) is 13.7. The number of carbonyl (C=O) groups excluding carboxylic acids is 1. The van der Waals surface area contributed by atoms with Gasteiger partial charge in [0.1, 0.15) is 6.61 Å². The maximum Gasteiger partial charge on any atom is 0.409 e. The summed E-state index contributed by atoms with van der Waals surface area (Å²) in [4.78, 5) is 13.9. The van der Waals surface area contributed by atoms with Crippen LogP contribution in [0.2, 0.25) is 0 Å². The fraction of sp³-hybridized carbons (Fsp3) is 0.348. The summed E-state index contributed by atoms with van der Waals surface area (Å²) < 4.78 is 16.3. The van der Waals surface area contributed by atoms with Crippen molar-refractivity contribution in [3.05, 3.63) is 72.3 Å². The normalized spacial score (nSPS) is 12.3. The largest absolute Gasteiger partial charge is 0.448 e. The van der Waals surface area contributed by atoms with E-state index in [9.17, 15) is 4.79 Å². The van der Waals surface area contributed by atoms with Gasteiger partial charge in [0.15, 0.2) is 0 Å². The van der Waals surface area contributed by atoms with E-state index in [4.69, 9.17) is 14.2 Å². The number of rotatable bonds is 10. The molecule has 5 nitrogen and oxygen atoms in total. The second-order valence-electron chi connectivity index (χ2n) is 6.70. The number of hydrogen-bond donors (Lipinski definition) is 0. The molecule has 0 aromatic heterocycles. The maximum absolute atomic E-state index is 12.3. The molecule has 0 saturated heterocycles. The van der Waals surface area contributed by atoms with Gasteiger partial charge in [-0.05, 0) is 22.3 Å². The average molecular weight is 381 g/mol. The Balaban J connectivity index is 1.47. The molecule has 0 unspecified atom stereocenters. The lowest BCUT2D eigenvalue weighted by Gasteiger charge is -2.19. The molecule has 0 fully saturated rings. The second kappa shape index (κ2) is 10.1. The third-order valence-electron chi connectivity index (χ3n) is 4.83. The highest BCUT2D eigenvalue weighted by Crippen LogP contribution is 2.44. The van der Waals surface area contributed by atoms with Gasteiger partial charge in [0.25, 0.3) is 0 Å². The van der Waals surface area contributed by atoms with Crippen molar-refractivity contribution < 1.29 is 19.0 Å². The number of carbonyl (C=O) groups is 1. The van der Waals surface area contributed by atoms with Gasteiger partial charge in [0.05, 0.1) is 26.4 Å². The van der Waals surface area contributed by atoms with E-state index in [-0.39, 0.29) is 12.0 Å². The van der Waals surface area contributed by atoms with E-state index in [1.54, 1.807) is 13.1 Å². The first-order valence-corrected chi connectivity index (χ1v) is 9.55. The quantitative estimate of drug-likeness (QED) is 0.459. The number of amides is 1. The molecule has 28 heavy (non-hydrogen) atoms. The van der Waals surface area contributed by atoms with Gasteiger partial charge >= 0.3 is 6.09 Å². The third kappa shape index (κ3) is 4.80. The summed E-state index contributed by atoms with van der Waals surface area (Å²) >= 11 is 0. The van der Waals surface area contributed by atoms with Crippen LogP contribution in [0.5, 0.6) is 0 Å². The van der Waals surface area contributed by atoms with Crippen molar-refractivity contribution in [2.75, 3.05) is 46.6 Å². The molecular weight excluding hydrogens is 354 g/mol. The highest BCUT2D eigenvalue weighted by molar-refractivity contribution is 5.79. The van der Waals surface area contributed by atoms with E-state index >= 15 is 0 Å². The summed E-state index contributed by atoms with van der Waals surface area (Å²) in [6.45, 7) is 6.35. The summed E-state index contributed by atoms with van der Waals surface area (Å²) in [6, 6.07) is 16.6. The molecule has 1 aliphatic carbocycles. The molecule has 2 aromatic carbocycles. The van der Waals surface area contributed by atoms with Gasteiger partial charge in [0.2, 0.25) is 0 Å². The molecule has 148 valence electrons. The van der Waals surface area contributed by atoms with E-state index in [0.29, 0.717) is 39.6 Å². The van der Waals surface area contributed by atoms with Crippen LogP contribution in [0.1, 0.15) is 17.0 Å². The molecule has 0 heterocycles. The summed E-state index contributed by atoms with van der Waals surface area (Å²) in [7, 11) is 1.72. The Morgan fingerprint density at radius 3 is 2.25 bits per heavy atom. The number of hydrogen-bond acceptors (Lipinski definition) is 4. The van der Waals surface area contributed by atoms with Gasteiger partial charge in [-0.3, -0.25) is 0 Å². The van der Waals surface area contributed by atoms with Gasteiger partial charge in [0, 0.05) is 19.5 Å². The minimum Gasteiger partial charge on any atom is -0.448 e. The Labute approximate surface area is 166 Å². The number of fused-ring (bicyclic) bond motifs is 3. The van der Waals surface area contributed by atoms with Crippen LogP contribution in [0.25, 0.3) is 11.1 Å². The molecule has 2 aromatic rings. The fourth-order valence-corrected chi connectivity index (χ4v) is 3.38. The first kappa shape index (κ1) is 20.1. The predicted molar refractivity (Wildman–Crippen MR) is 110 cm³/mol. The van der Waals surface area contributed by atoms with E-state index < -0.39 is 0 Å². The maximum atomic E-state index is 12.3. The van der Waals surface area contributed by atoms with Crippen molar-refractivity contribution in [1.82, 2.24) is 4.90 Å².